The van der Waals surface area contributed by atoms with Gasteiger partial charge in [0.25, 0.3) is 5.89 Å². The van der Waals surface area contributed by atoms with Crippen molar-refractivity contribution >= 4 is 17.6 Å². The topological polar surface area (TPSA) is 79.3 Å². The molecule has 0 saturated carbocycles. The zero-order chi connectivity index (χ0) is 19.8. The van der Waals surface area contributed by atoms with E-state index in [2.05, 4.69) is 10.1 Å². The fraction of sp³-hybridized carbons (Fsp3) is 0.286. The Bertz CT molecular complexity index is 1060. The van der Waals surface area contributed by atoms with Crippen molar-refractivity contribution in [3.05, 3.63) is 59.5 Å². The van der Waals surface area contributed by atoms with Gasteiger partial charge in [-0.05, 0) is 44.0 Å². The first-order chi connectivity index (χ1) is 13.5. The van der Waals surface area contributed by atoms with Gasteiger partial charge in [0.1, 0.15) is 11.6 Å². The number of urea groups is 1. The van der Waals surface area contributed by atoms with Crippen LogP contribution in [-0.2, 0) is 11.3 Å². The predicted molar refractivity (Wildman–Crippen MR) is 103 cm³/mol. The number of aryl methyl sites for hydroxylation is 2. The minimum Gasteiger partial charge on any atom is -0.335 e. The minimum absolute atomic E-state index is 0.116. The highest BCUT2D eigenvalue weighted by molar-refractivity contribution is 6.16. The first kappa shape index (κ1) is 18.0. The lowest BCUT2D eigenvalue weighted by Gasteiger charge is -2.25. The molecule has 2 aliphatic rings. The average molecular weight is 377 g/mol. The van der Waals surface area contributed by atoms with Gasteiger partial charge >= 0.3 is 11.9 Å². The number of aromatic nitrogens is 2. The molecule has 0 spiro atoms. The lowest BCUT2D eigenvalue weighted by Crippen LogP contribution is -2.53. The van der Waals surface area contributed by atoms with Gasteiger partial charge in [-0.3, -0.25) is 0 Å². The third-order valence-corrected chi connectivity index (χ3v) is 5.15. The van der Waals surface area contributed by atoms with Crippen LogP contribution < -0.4 is 0 Å². The Labute approximate surface area is 162 Å². The van der Waals surface area contributed by atoms with Gasteiger partial charge in [0, 0.05) is 5.56 Å². The molecule has 28 heavy (non-hydrogen) atoms. The van der Waals surface area contributed by atoms with E-state index in [1.807, 2.05) is 44.2 Å². The zero-order valence-corrected chi connectivity index (χ0v) is 16.0. The molecule has 0 fully saturated rings. The summed E-state index contributed by atoms with van der Waals surface area (Å²) >= 11 is 0. The highest BCUT2D eigenvalue weighted by Crippen LogP contribution is 2.22. The third kappa shape index (κ3) is 2.98. The molecule has 7 heteroatoms. The third-order valence-electron chi connectivity index (χ3n) is 5.15. The summed E-state index contributed by atoms with van der Waals surface area (Å²) in [6.45, 7) is 6.29. The SMILES string of the molecule is CCN1C(=O)C2C=CC=CC2=[N+](Cc2nc(-c3ccc(C)c(C)c3)no2)C1=O. The molecule has 0 saturated heterocycles. The van der Waals surface area contributed by atoms with Gasteiger partial charge in [0.15, 0.2) is 6.54 Å². The maximum atomic E-state index is 12.8. The molecule has 4 rings (SSSR count). The van der Waals surface area contributed by atoms with E-state index in [0.29, 0.717) is 24.0 Å². The summed E-state index contributed by atoms with van der Waals surface area (Å²) in [5, 5.41) is 4.06. The molecule has 7 nitrogen and oxygen atoms in total. The predicted octanol–water partition coefficient (Wildman–Crippen LogP) is 3.03. The zero-order valence-electron chi connectivity index (χ0n) is 16.0. The van der Waals surface area contributed by atoms with Gasteiger partial charge < -0.3 is 4.52 Å². The van der Waals surface area contributed by atoms with Gasteiger partial charge in [-0.1, -0.05) is 35.5 Å². The molecule has 0 N–H and O–H groups in total. The fourth-order valence-electron chi connectivity index (χ4n) is 3.42. The number of amides is 3. The van der Waals surface area contributed by atoms with Crippen molar-refractivity contribution in [1.29, 1.82) is 0 Å². The molecule has 2 aromatic rings. The number of hydrogen-bond donors (Lipinski definition) is 0. The maximum absolute atomic E-state index is 12.8. The summed E-state index contributed by atoms with van der Waals surface area (Å²) in [4.78, 5) is 31.1. The highest BCUT2D eigenvalue weighted by atomic mass is 16.5. The lowest BCUT2D eigenvalue weighted by molar-refractivity contribution is -0.460. The molecule has 1 atom stereocenters. The Morgan fingerprint density at radius 1 is 1.18 bits per heavy atom. The molecular weight excluding hydrogens is 356 g/mol. The molecule has 1 aliphatic heterocycles. The Kier molecular flexibility index (Phi) is 4.50. The van der Waals surface area contributed by atoms with Crippen molar-refractivity contribution in [2.45, 2.75) is 27.3 Å². The van der Waals surface area contributed by atoms with E-state index in [1.165, 1.54) is 15.0 Å². The van der Waals surface area contributed by atoms with E-state index in [1.54, 1.807) is 19.1 Å². The van der Waals surface area contributed by atoms with Crippen molar-refractivity contribution in [3.8, 4) is 11.4 Å². The average Bonchev–Trinajstić information content (AvgIpc) is 3.16. The van der Waals surface area contributed by atoms with E-state index >= 15 is 0 Å². The van der Waals surface area contributed by atoms with Gasteiger partial charge in [0.05, 0.1) is 6.54 Å². The smallest absolute Gasteiger partial charge is 0.335 e. The number of imide groups is 1. The van der Waals surface area contributed by atoms with E-state index in [-0.39, 0.29) is 18.5 Å². The van der Waals surface area contributed by atoms with E-state index in [0.717, 1.165) is 11.1 Å². The van der Waals surface area contributed by atoms with Crippen molar-refractivity contribution in [2.24, 2.45) is 5.92 Å². The molecule has 1 aromatic carbocycles. The van der Waals surface area contributed by atoms with Crippen LogP contribution in [0.1, 0.15) is 23.9 Å². The minimum atomic E-state index is -0.468. The second-order valence-electron chi connectivity index (χ2n) is 6.91. The molecule has 0 bridgehead atoms. The van der Waals surface area contributed by atoms with Crippen LogP contribution in [0.15, 0.2) is 47.0 Å². The first-order valence-electron chi connectivity index (χ1n) is 9.24. The first-order valence-corrected chi connectivity index (χ1v) is 9.24. The van der Waals surface area contributed by atoms with Crippen LogP contribution in [0.4, 0.5) is 4.79 Å². The molecule has 3 amide bonds. The molecule has 0 radical (unpaired) electrons. The summed E-state index contributed by atoms with van der Waals surface area (Å²) < 4.78 is 6.94. The second-order valence-corrected chi connectivity index (χ2v) is 6.91. The second kappa shape index (κ2) is 6.99. The fourth-order valence-corrected chi connectivity index (χ4v) is 3.42. The number of hydrogen-bond acceptors (Lipinski definition) is 5. The van der Waals surface area contributed by atoms with Crippen LogP contribution in [-0.4, -0.2) is 43.8 Å². The lowest BCUT2D eigenvalue weighted by atomic mass is 9.94. The normalized spacial score (nSPS) is 18.8. The molecule has 1 aromatic heterocycles. The Hall–Kier alpha value is -3.35. The van der Waals surface area contributed by atoms with Gasteiger partial charge in [-0.25, -0.2) is 4.79 Å². The Balaban J connectivity index is 1.68. The monoisotopic (exact) mass is 377 g/mol. The largest absolute Gasteiger partial charge is 0.501 e. The van der Waals surface area contributed by atoms with E-state index in [4.69, 9.17) is 4.52 Å². The van der Waals surface area contributed by atoms with E-state index < -0.39 is 5.92 Å². The molecule has 1 unspecified atom stereocenters. The summed E-state index contributed by atoms with van der Waals surface area (Å²) in [5.74, 6) is 0.123. The van der Waals surface area contributed by atoms with Gasteiger partial charge in [-0.15, -0.1) is 0 Å². The summed E-state index contributed by atoms with van der Waals surface area (Å²) in [6, 6.07) is 5.59. The van der Waals surface area contributed by atoms with Crippen LogP contribution >= 0.6 is 0 Å². The molecular formula is C21H21N4O3+. The van der Waals surface area contributed by atoms with Gasteiger partial charge in [0.2, 0.25) is 5.82 Å². The van der Waals surface area contributed by atoms with Crippen LogP contribution in [0.2, 0.25) is 0 Å². The summed E-state index contributed by atoms with van der Waals surface area (Å²) in [7, 11) is 0. The van der Waals surface area contributed by atoms with E-state index in [9.17, 15) is 9.59 Å². The Morgan fingerprint density at radius 2 is 2.00 bits per heavy atom. The number of carbonyl (C=O) groups is 2. The number of carbonyl (C=O) groups excluding carboxylic acids is 2. The number of nitrogens with zero attached hydrogens (tertiary/aromatic N) is 4. The van der Waals surface area contributed by atoms with Crippen molar-refractivity contribution in [3.63, 3.8) is 0 Å². The standard InChI is InChI=1S/C21H21N4O3/c1-4-24-20(26)16-7-5-6-8-17(16)25(21(24)27)12-18-22-19(23-28-18)15-10-9-13(2)14(3)11-15/h5-11,16H,4,12H2,1-3H3/q+1. The quantitative estimate of drug-likeness (QED) is 0.765. The number of rotatable bonds is 4. The number of fused-ring (bicyclic) bond motifs is 1. The van der Waals surface area contributed by atoms with Crippen LogP contribution in [0, 0.1) is 19.8 Å². The molecule has 2 heterocycles. The van der Waals surface area contributed by atoms with Crippen molar-refractivity contribution < 1.29 is 18.7 Å². The van der Waals surface area contributed by atoms with Crippen LogP contribution in [0.5, 0.6) is 0 Å². The summed E-state index contributed by atoms with van der Waals surface area (Å²) in [5.41, 5.74) is 3.83. The summed E-state index contributed by atoms with van der Waals surface area (Å²) in [6.07, 6.45) is 7.22. The van der Waals surface area contributed by atoms with Crippen molar-refractivity contribution in [2.75, 3.05) is 6.54 Å². The highest BCUT2D eigenvalue weighted by Gasteiger charge is 2.46. The number of benzene rings is 1. The van der Waals surface area contributed by atoms with Crippen LogP contribution in [0.25, 0.3) is 11.4 Å². The Morgan fingerprint density at radius 3 is 2.75 bits per heavy atom. The van der Waals surface area contributed by atoms with Crippen molar-refractivity contribution in [1.82, 2.24) is 15.0 Å². The number of allylic oxidation sites excluding steroid dienone is 3. The maximum Gasteiger partial charge on any atom is 0.501 e. The van der Waals surface area contributed by atoms with Crippen LogP contribution in [0.3, 0.4) is 0 Å². The molecule has 1 aliphatic carbocycles. The molecule has 142 valence electrons. The van der Waals surface area contributed by atoms with Gasteiger partial charge in [-0.2, -0.15) is 19.3 Å².